The first-order valence-corrected chi connectivity index (χ1v) is 6.47. The number of amides is 1. The Morgan fingerprint density at radius 3 is 2.59 bits per heavy atom. The van der Waals surface area contributed by atoms with Crippen LogP contribution in [0.1, 0.15) is 40.5 Å². The predicted molar refractivity (Wildman–Crippen MR) is 69.1 cm³/mol. The summed E-state index contributed by atoms with van der Waals surface area (Å²) in [5.41, 5.74) is -0.410. The largest absolute Gasteiger partial charge is 0.444 e. The summed E-state index contributed by atoms with van der Waals surface area (Å²) in [6.07, 6.45) is 2.07. The topological polar surface area (TPSA) is 41.6 Å². The first-order chi connectivity index (χ1) is 7.83. The molecule has 1 fully saturated rings. The molecule has 0 aromatic rings. The highest BCUT2D eigenvalue weighted by molar-refractivity contribution is 5.68. The molecule has 1 N–H and O–H groups in total. The summed E-state index contributed by atoms with van der Waals surface area (Å²) in [6.45, 7) is 9.59. The Morgan fingerprint density at radius 1 is 1.41 bits per heavy atom. The summed E-state index contributed by atoms with van der Waals surface area (Å²) in [5, 5.41) is 3.18. The molecule has 4 heteroatoms. The molecule has 1 amide bonds. The van der Waals surface area contributed by atoms with Crippen LogP contribution in [0, 0.1) is 5.92 Å². The van der Waals surface area contributed by atoms with Crippen molar-refractivity contribution in [3.8, 4) is 0 Å². The highest BCUT2D eigenvalue weighted by Gasteiger charge is 2.31. The summed E-state index contributed by atoms with van der Waals surface area (Å²) in [5.74, 6) is 0.545. The van der Waals surface area contributed by atoms with Crippen molar-refractivity contribution in [3.63, 3.8) is 0 Å². The number of likely N-dealkylation sites (tertiary alicyclic amines) is 1. The van der Waals surface area contributed by atoms with Gasteiger partial charge in [0, 0.05) is 12.6 Å². The van der Waals surface area contributed by atoms with Crippen molar-refractivity contribution < 1.29 is 9.53 Å². The second kappa shape index (κ2) is 5.71. The zero-order valence-electron chi connectivity index (χ0n) is 11.7. The maximum Gasteiger partial charge on any atom is 0.410 e. The average Bonchev–Trinajstić information content (AvgIpc) is 2.18. The van der Waals surface area contributed by atoms with Gasteiger partial charge in [-0.05, 0) is 60.0 Å². The van der Waals surface area contributed by atoms with Crippen molar-refractivity contribution in [1.82, 2.24) is 10.2 Å². The number of hydrogen-bond acceptors (Lipinski definition) is 3. The average molecular weight is 242 g/mol. The Bertz CT molecular complexity index is 261. The molecule has 17 heavy (non-hydrogen) atoms. The molecule has 4 nitrogen and oxygen atoms in total. The quantitative estimate of drug-likeness (QED) is 0.807. The van der Waals surface area contributed by atoms with E-state index in [0.717, 1.165) is 19.5 Å². The predicted octanol–water partition coefficient (Wildman–Crippen LogP) is 2.24. The lowest BCUT2D eigenvalue weighted by Crippen LogP contribution is -2.49. The van der Waals surface area contributed by atoms with Gasteiger partial charge in [0.05, 0.1) is 0 Å². The fourth-order valence-corrected chi connectivity index (χ4v) is 2.21. The molecule has 1 aliphatic heterocycles. The van der Waals surface area contributed by atoms with E-state index in [4.69, 9.17) is 4.74 Å². The fraction of sp³-hybridized carbons (Fsp3) is 0.923. The second-order valence-corrected chi connectivity index (χ2v) is 5.98. The molecule has 1 heterocycles. The molecule has 1 saturated heterocycles. The van der Waals surface area contributed by atoms with E-state index in [2.05, 4.69) is 12.2 Å². The number of carbonyl (C=O) groups is 1. The van der Waals surface area contributed by atoms with Crippen molar-refractivity contribution in [2.24, 2.45) is 5.92 Å². The number of carbonyl (C=O) groups excluding carboxylic acids is 1. The van der Waals surface area contributed by atoms with Crippen LogP contribution in [0.25, 0.3) is 0 Å². The van der Waals surface area contributed by atoms with Gasteiger partial charge >= 0.3 is 6.09 Å². The maximum absolute atomic E-state index is 12.1. The highest BCUT2D eigenvalue weighted by Crippen LogP contribution is 2.23. The van der Waals surface area contributed by atoms with Crippen LogP contribution in [0.2, 0.25) is 0 Å². The number of piperidine rings is 1. The first kappa shape index (κ1) is 14.3. The summed E-state index contributed by atoms with van der Waals surface area (Å²) in [7, 11) is 1.95. The van der Waals surface area contributed by atoms with Gasteiger partial charge in [0.2, 0.25) is 0 Å². The molecule has 0 spiro atoms. The van der Waals surface area contributed by atoms with Crippen molar-refractivity contribution >= 4 is 6.09 Å². The van der Waals surface area contributed by atoms with Gasteiger partial charge in [-0.1, -0.05) is 0 Å². The summed E-state index contributed by atoms with van der Waals surface area (Å²) < 4.78 is 5.44. The Morgan fingerprint density at radius 2 is 2.06 bits per heavy atom. The van der Waals surface area contributed by atoms with Crippen LogP contribution in [-0.2, 0) is 4.74 Å². The lowest BCUT2D eigenvalue weighted by Gasteiger charge is -2.38. The lowest BCUT2D eigenvalue weighted by molar-refractivity contribution is 0.00558. The van der Waals surface area contributed by atoms with Crippen molar-refractivity contribution in [1.29, 1.82) is 0 Å². The van der Waals surface area contributed by atoms with Gasteiger partial charge in [0.25, 0.3) is 0 Å². The monoisotopic (exact) mass is 242 g/mol. The lowest BCUT2D eigenvalue weighted by atomic mass is 9.94. The fourth-order valence-electron chi connectivity index (χ4n) is 2.21. The highest BCUT2D eigenvalue weighted by atomic mass is 16.6. The third kappa shape index (κ3) is 4.54. The Balaban J connectivity index is 2.57. The van der Waals surface area contributed by atoms with Gasteiger partial charge in [0.15, 0.2) is 0 Å². The van der Waals surface area contributed by atoms with Crippen LogP contribution in [-0.4, -0.2) is 42.8 Å². The van der Waals surface area contributed by atoms with E-state index in [0.29, 0.717) is 5.92 Å². The molecule has 0 aliphatic carbocycles. The van der Waals surface area contributed by atoms with Gasteiger partial charge in [-0.2, -0.15) is 0 Å². The van der Waals surface area contributed by atoms with Gasteiger partial charge in [0.1, 0.15) is 5.60 Å². The molecule has 0 aromatic heterocycles. The van der Waals surface area contributed by atoms with Gasteiger partial charge in [-0.15, -0.1) is 0 Å². The molecular weight excluding hydrogens is 216 g/mol. The smallest absolute Gasteiger partial charge is 0.410 e. The molecule has 0 saturated carbocycles. The molecule has 0 unspecified atom stereocenters. The van der Waals surface area contributed by atoms with Crippen LogP contribution < -0.4 is 5.32 Å². The number of nitrogens with one attached hydrogen (secondary N) is 1. The van der Waals surface area contributed by atoms with Gasteiger partial charge < -0.3 is 15.0 Å². The molecule has 1 aliphatic rings. The molecule has 0 radical (unpaired) electrons. The van der Waals surface area contributed by atoms with E-state index in [1.54, 1.807) is 0 Å². The minimum Gasteiger partial charge on any atom is -0.444 e. The van der Waals surface area contributed by atoms with E-state index in [9.17, 15) is 4.79 Å². The molecule has 100 valence electrons. The van der Waals surface area contributed by atoms with E-state index in [1.807, 2.05) is 32.7 Å². The number of nitrogens with zero attached hydrogens (tertiary/aromatic N) is 1. The third-order valence-electron chi connectivity index (χ3n) is 3.10. The summed E-state index contributed by atoms with van der Waals surface area (Å²) >= 11 is 0. The Hall–Kier alpha value is -0.770. The minimum absolute atomic E-state index is 0.175. The standard InChI is InChI=1S/C13H26N2O2/c1-10-6-7-11(8-14-5)9-15(10)12(16)17-13(2,3)4/h10-11,14H,6-9H2,1-5H3/t10-,11-/m0/s1. The van der Waals surface area contributed by atoms with Crippen molar-refractivity contribution in [3.05, 3.63) is 0 Å². The number of rotatable bonds is 2. The Labute approximate surface area is 105 Å². The molecule has 2 atom stereocenters. The first-order valence-electron chi connectivity index (χ1n) is 6.47. The SMILES string of the molecule is CNC[C@@H]1CC[C@H](C)N(C(=O)OC(C)(C)C)C1. The third-order valence-corrected chi connectivity index (χ3v) is 3.10. The molecule has 0 bridgehead atoms. The number of hydrogen-bond donors (Lipinski definition) is 1. The van der Waals surface area contributed by atoms with E-state index < -0.39 is 5.60 Å². The van der Waals surface area contributed by atoms with Crippen molar-refractivity contribution in [2.75, 3.05) is 20.1 Å². The van der Waals surface area contributed by atoms with Crippen LogP contribution in [0.5, 0.6) is 0 Å². The zero-order valence-corrected chi connectivity index (χ0v) is 11.7. The molecule has 1 rings (SSSR count). The summed E-state index contributed by atoms with van der Waals surface area (Å²) in [6, 6.07) is 0.290. The normalized spacial score (nSPS) is 25.8. The van der Waals surface area contributed by atoms with Gasteiger partial charge in [-0.25, -0.2) is 4.79 Å². The maximum atomic E-state index is 12.1. The molecule has 0 aromatic carbocycles. The minimum atomic E-state index is -0.410. The number of ether oxygens (including phenoxy) is 1. The van der Waals surface area contributed by atoms with Crippen LogP contribution in [0.3, 0.4) is 0 Å². The zero-order chi connectivity index (χ0) is 13.1. The van der Waals surface area contributed by atoms with Gasteiger partial charge in [-0.3, -0.25) is 0 Å². The van der Waals surface area contributed by atoms with E-state index in [1.165, 1.54) is 6.42 Å². The van der Waals surface area contributed by atoms with E-state index >= 15 is 0 Å². The second-order valence-electron chi connectivity index (χ2n) is 5.98. The van der Waals surface area contributed by atoms with Crippen molar-refractivity contribution in [2.45, 2.75) is 52.2 Å². The van der Waals surface area contributed by atoms with Crippen LogP contribution in [0.4, 0.5) is 4.79 Å². The van der Waals surface area contributed by atoms with Crippen LogP contribution >= 0.6 is 0 Å². The Kier molecular flexibility index (Phi) is 4.80. The summed E-state index contributed by atoms with van der Waals surface area (Å²) in [4.78, 5) is 13.9. The van der Waals surface area contributed by atoms with E-state index in [-0.39, 0.29) is 12.1 Å². The molecular formula is C13H26N2O2. The van der Waals surface area contributed by atoms with Crippen LogP contribution in [0.15, 0.2) is 0 Å².